The molecular weight excluding hydrogens is 801 g/mol. The fraction of sp³-hybridized carbons (Fsp3) is 0.857. The van der Waals surface area contributed by atoms with Crippen LogP contribution in [0.5, 0.6) is 0 Å². The van der Waals surface area contributed by atoms with E-state index in [4.69, 9.17) is 18.9 Å². The molecule has 0 fully saturated rings. The van der Waals surface area contributed by atoms with Crippen molar-refractivity contribution in [2.24, 2.45) is 0 Å². The quantitative estimate of drug-likeness (QED) is 0.0257. The number of carbonyl (C=O) groups is 4. The number of rotatable bonds is 48. The van der Waals surface area contributed by atoms with Crippen LogP contribution in [0.3, 0.4) is 0 Å². The second-order valence-corrected chi connectivity index (χ2v) is 17.9. The molecule has 0 aliphatic rings. The topological polar surface area (TPSA) is 105 Å². The Labute approximate surface area is 396 Å². The standard InChI is InChI=1S/C38H70O4.C18H34O4/c1-3-5-7-9-11-13-15-17-19-21-23-25-27-29-31-33-37(39)41-35-36-42-38(40)34-32-30-28-26-24-22-20-18-16-14-12-10-8-6-4-2;1-3-5-7-9-11-13-17(19)21-15-16-22-18(20)14-12-10-8-6-4-2/h17-20H,3-16,21-36H2,1-2H3;3-16H2,1-2H3/b19-17-,20-18-;. The van der Waals surface area contributed by atoms with Gasteiger partial charge in [0, 0.05) is 25.7 Å². The van der Waals surface area contributed by atoms with Crippen LogP contribution in [-0.2, 0) is 38.1 Å². The Hall–Kier alpha value is -2.64. The Morgan fingerprint density at radius 2 is 0.422 bits per heavy atom. The summed E-state index contributed by atoms with van der Waals surface area (Å²) in [5.41, 5.74) is 0. The Balaban J connectivity index is 0. The predicted molar refractivity (Wildman–Crippen MR) is 269 cm³/mol. The van der Waals surface area contributed by atoms with Gasteiger partial charge in [0.25, 0.3) is 0 Å². The molecule has 0 unspecified atom stereocenters. The molecule has 0 aromatic heterocycles. The molecule has 0 bridgehead atoms. The summed E-state index contributed by atoms with van der Waals surface area (Å²) in [6, 6.07) is 0. The highest BCUT2D eigenvalue weighted by molar-refractivity contribution is 5.70. The Bertz CT molecular complexity index is 971. The van der Waals surface area contributed by atoms with Gasteiger partial charge in [0.1, 0.15) is 26.4 Å². The van der Waals surface area contributed by atoms with Crippen LogP contribution in [0.25, 0.3) is 0 Å². The lowest BCUT2D eigenvalue weighted by atomic mass is 10.1. The summed E-state index contributed by atoms with van der Waals surface area (Å²) in [6.45, 7) is 9.55. The zero-order valence-corrected chi connectivity index (χ0v) is 42.7. The van der Waals surface area contributed by atoms with E-state index in [2.05, 4.69) is 52.0 Å². The second-order valence-electron chi connectivity index (χ2n) is 17.9. The first-order valence-electron chi connectivity index (χ1n) is 27.3. The van der Waals surface area contributed by atoms with Crippen molar-refractivity contribution < 1.29 is 38.1 Å². The van der Waals surface area contributed by atoms with Gasteiger partial charge in [0.05, 0.1) is 0 Å². The van der Waals surface area contributed by atoms with E-state index in [1.807, 2.05) is 0 Å². The Morgan fingerprint density at radius 3 is 0.625 bits per heavy atom. The second kappa shape index (κ2) is 56.5. The van der Waals surface area contributed by atoms with E-state index in [1.54, 1.807) is 0 Å². The third-order valence-corrected chi connectivity index (χ3v) is 11.5. The minimum atomic E-state index is -0.188. The first-order valence-corrected chi connectivity index (χ1v) is 27.3. The van der Waals surface area contributed by atoms with Crippen molar-refractivity contribution in [2.45, 2.75) is 285 Å². The summed E-state index contributed by atoms with van der Waals surface area (Å²) >= 11 is 0. The van der Waals surface area contributed by atoms with Crippen LogP contribution < -0.4 is 0 Å². The maximum Gasteiger partial charge on any atom is 0.305 e. The van der Waals surface area contributed by atoms with E-state index in [9.17, 15) is 19.2 Å². The fourth-order valence-electron chi connectivity index (χ4n) is 7.34. The molecule has 0 amide bonds. The lowest BCUT2D eigenvalue weighted by molar-refractivity contribution is -0.152. The van der Waals surface area contributed by atoms with Gasteiger partial charge in [-0.1, -0.05) is 206 Å². The minimum Gasteiger partial charge on any atom is -0.462 e. The van der Waals surface area contributed by atoms with Gasteiger partial charge in [0.2, 0.25) is 0 Å². The SMILES string of the molecule is CCCCCCCC(=O)OCCOC(=O)CCCCCCC.CCCCCCCC/C=C\CCCCCCCC(=O)OCCOC(=O)CCCCCCC/C=C\CCCCCCCC. The van der Waals surface area contributed by atoms with Gasteiger partial charge in [-0.2, -0.15) is 0 Å². The van der Waals surface area contributed by atoms with E-state index in [-0.39, 0.29) is 50.3 Å². The van der Waals surface area contributed by atoms with Crippen molar-refractivity contribution in [1.82, 2.24) is 0 Å². The van der Waals surface area contributed by atoms with Crippen LogP contribution in [0.4, 0.5) is 0 Å². The highest BCUT2D eigenvalue weighted by atomic mass is 16.6. The van der Waals surface area contributed by atoms with Gasteiger partial charge < -0.3 is 18.9 Å². The smallest absolute Gasteiger partial charge is 0.305 e. The van der Waals surface area contributed by atoms with Gasteiger partial charge >= 0.3 is 23.9 Å². The maximum atomic E-state index is 11.9. The lowest BCUT2D eigenvalue weighted by Gasteiger charge is -2.07. The molecule has 0 N–H and O–H groups in total. The van der Waals surface area contributed by atoms with Gasteiger partial charge in [-0.15, -0.1) is 0 Å². The summed E-state index contributed by atoms with van der Waals surface area (Å²) < 4.78 is 20.5. The van der Waals surface area contributed by atoms with Gasteiger partial charge in [-0.3, -0.25) is 19.2 Å². The predicted octanol–water partition coefficient (Wildman–Crippen LogP) is 16.9. The number of unbranched alkanes of at least 4 members (excludes halogenated alkanes) is 30. The zero-order chi connectivity index (χ0) is 47.1. The number of carbonyl (C=O) groups excluding carboxylic acids is 4. The van der Waals surface area contributed by atoms with Crippen LogP contribution in [-0.4, -0.2) is 50.3 Å². The third kappa shape index (κ3) is 57.4. The fourth-order valence-corrected chi connectivity index (χ4v) is 7.34. The summed E-state index contributed by atoms with van der Waals surface area (Å²) in [5.74, 6) is -0.735. The van der Waals surface area contributed by atoms with Crippen LogP contribution in [0.1, 0.15) is 285 Å². The molecule has 8 nitrogen and oxygen atoms in total. The number of esters is 4. The number of hydrogen-bond acceptors (Lipinski definition) is 8. The van der Waals surface area contributed by atoms with Crippen molar-refractivity contribution in [3.8, 4) is 0 Å². The molecule has 0 atom stereocenters. The summed E-state index contributed by atoms with van der Waals surface area (Å²) in [5, 5.41) is 0. The van der Waals surface area contributed by atoms with E-state index in [0.29, 0.717) is 25.7 Å². The van der Waals surface area contributed by atoms with Crippen LogP contribution >= 0.6 is 0 Å². The molecule has 0 aromatic carbocycles. The molecule has 0 radical (unpaired) electrons. The molecule has 0 rings (SSSR count). The molecule has 0 aromatic rings. The van der Waals surface area contributed by atoms with Crippen LogP contribution in [0.15, 0.2) is 24.3 Å². The summed E-state index contributed by atoms with van der Waals surface area (Å²) in [4.78, 5) is 46.6. The third-order valence-electron chi connectivity index (χ3n) is 11.5. The van der Waals surface area contributed by atoms with Gasteiger partial charge in [0.15, 0.2) is 0 Å². The first-order chi connectivity index (χ1) is 31.4. The maximum absolute atomic E-state index is 11.9. The van der Waals surface area contributed by atoms with E-state index in [0.717, 1.165) is 51.4 Å². The molecule has 0 aliphatic heterocycles. The molecule has 0 spiro atoms. The average molecular weight is 905 g/mol. The van der Waals surface area contributed by atoms with Crippen LogP contribution in [0, 0.1) is 0 Å². The number of ether oxygens (including phenoxy) is 4. The number of hydrogen-bond donors (Lipinski definition) is 0. The molecule has 64 heavy (non-hydrogen) atoms. The first kappa shape index (κ1) is 63.4. The van der Waals surface area contributed by atoms with Crippen molar-refractivity contribution in [1.29, 1.82) is 0 Å². The zero-order valence-electron chi connectivity index (χ0n) is 42.7. The highest BCUT2D eigenvalue weighted by Gasteiger charge is 2.07. The van der Waals surface area contributed by atoms with Crippen molar-refractivity contribution in [3.05, 3.63) is 24.3 Å². The van der Waals surface area contributed by atoms with E-state index in [1.165, 1.54) is 180 Å². The van der Waals surface area contributed by atoms with Crippen molar-refractivity contribution in [3.63, 3.8) is 0 Å². The van der Waals surface area contributed by atoms with Crippen LogP contribution in [0.2, 0.25) is 0 Å². The summed E-state index contributed by atoms with van der Waals surface area (Å²) in [6.07, 6.45) is 54.7. The van der Waals surface area contributed by atoms with Crippen molar-refractivity contribution in [2.75, 3.05) is 26.4 Å². The van der Waals surface area contributed by atoms with Gasteiger partial charge in [-0.05, 0) is 77.0 Å². The monoisotopic (exact) mass is 905 g/mol. The molecular formula is C56H104O8. The Morgan fingerprint density at radius 1 is 0.250 bits per heavy atom. The largest absolute Gasteiger partial charge is 0.462 e. The average Bonchev–Trinajstić information content (AvgIpc) is 3.29. The molecule has 8 heteroatoms. The molecule has 0 saturated heterocycles. The summed E-state index contributed by atoms with van der Waals surface area (Å²) in [7, 11) is 0. The molecule has 376 valence electrons. The molecule has 0 heterocycles. The normalized spacial score (nSPS) is 11.2. The number of allylic oxidation sites excluding steroid dienone is 4. The van der Waals surface area contributed by atoms with Crippen molar-refractivity contribution >= 4 is 23.9 Å². The van der Waals surface area contributed by atoms with E-state index < -0.39 is 0 Å². The highest BCUT2D eigenvalue weighted by Crippen LogP contribution is 2.13. The van der Waals surface area contributed by atoms with Gasteiger partial charge in [-0.25, -0.2) is 0 Å². The molecule has 0 saturated carbocycles. The van der Waals surface area contributed by atoms with E-state index >= 15 is 0 Å². The molecule has 0 aliphatic carbocycles. The lowest BCUT2D eigenvalue weighted by Crippen LogP contribution is -2.13. The Kier molecular flexibility index (Phi) is 56.0. The minimum absolute atomic E-state index is 0.169.